The number of rotatable bonds is 5. The predicted octanol–water partition coefficient (Wildman–Crippen LogP) is 0.948. The van der Waals surface area contributed by atoms with Crippen LogP contribution in [0.1, 0.15) is 11.3 Å². The maximum atomic E-state index is 11.7. The fourth-order valence-corrected chi connectivity index (χ4v) is 2.46. The van der Waals surface area contributed by atoms with E-state index in [0.29, 0.717) is 0 Å². The molecule has 1 heterocycles. The van der Waals surface area contributed by atoms with Gasteiger partial charge in [-0.2, -0.15) is 0 Å². The Morgan fingerprint density at radius 2 is 1.90 bits per heavy atom. The van der Waals surface area contributed by atoms with E-state index >= 15 is 0 Å². The Bertz CT molecular complexity index is 692. The number of ether oxygens (including phenoxy) is 1. The van der Waals surface area contributed by atoms with E-state index < -0.39 is 16.0 Å². The minimum atomic E-state index is -3.84. The van der Waals surface area contributed by atoms with Crippen LogP contribution in [0.4, 0.5) is 0 Å². The molecule has 7 heteroatoms. The number of hydrogen-bond donors (Lipinski definition) is 2. The highest BCUT2D eigenvalue weighted by Gasteiger charge is 2.17. The number of primary sulfonamides is 1. The second-order valence-corrected chi connectivity index (χ2v) is 5.72. The van der Waals surface area contributed by atoms with Crippen LogP contribution in [0.2, 0.25) is 0 Å². The van der Waals surface area contributed by atoms with E-state index in [1.54, 1.807) is 0 Å². The smallest absolute Gasteiger partial charge is 0.312 e. The van der Waals surface area contributed by atoms with Gasteiger partial charge in [0, 0.05) is 11.9 Å². The summed E-state index contributed by atoms with van der Waals surface area (Å²) in [6.07, 6.45) is 1.24. The second kappa shape index (κ2) is 5.89. The summed E-state index contributed by atoms with van der Waals surface area (Å²) in [5.74, 6) is -0.527. The van der Waals surface area contributed by atoms with Crippen molar-refractivity contribution in [3.05, 3.63) is 53.9 Å². The molecule has 3 N–H and O–H groups in total. The highest BCUT2D eigenvalue weighted by atomic mass is 32.2. The largest absolute Gasteiger partial charge is 0.461 e. The Kier molecular flexibility index (Phi) is 4.21. The van der Waals surface area contributed by atoms with Gasteiger partial charge in [-0.1, -0.05) is 30.3 Å². The Labute approximate surface area is 116 Å². The van der Waals surface area contributed by atoms with Gasteiger partial charge >= 0.3 is 5.97 Å². The number of sulfonamides is 1. The second-order valence-electron chi connectivity index (χ2n) is 4.19. The van der Waals surface area contributed by atoms with Crippen LogP contribution in [-0.2, 0) is 32.6 Å². The van der Waals surface area contributed by atoms with Crippen LogP contribution >= 0.6 is 0 Å². The maximum absolute atomic E-state index is 11.7. The summed E-state index contributed by atoms with van der Waals surface area (Å²) < 4.78 is 27.6. The Morgan fingerprint density at radius 1 is 1.20 bits per heavy atom. The lowest BCUT2D eigenvalue weighted by Gasteiger charge is -2.05. The zero-order chi connectivity index (χ0) is 14.6. The molecule has 0 bridgehead atoms. The van der Waals surface area contributed by atoms with E-state index in [9.17, 15) is 13.2 Å². The molecule has 2 rings (SSSR count). The Morgan fingerprint density at radius 3 is 2.55 bits per heavy atom. The zero-order valence-electron chi connectivity index (χ0n) is 10.6. The third-order valence-electron chi connectivity index (χ3n) is 2.66. The highest BCUT2D eigenvalue weighted by Crippen LogP contribution is 2.13. The number of esters is 1. The summed E-state index contributed by atoms with van der Waals surface area (Å²) in [4.78, 5) is 14.3. The Hall–Kier alpha value is -2.12. The van der Waals surface area contributed by atoms with E-state index in [1.165, 1.54) is 12.3 Å². The van der Waals surface area contributed by atoms with Crippen molar-refractivity contribution in [1.29, 1.82) is 0 Å². The van der Waals surface area contributed by atoms with Crippen LogP contribution < -0.4 is 5.14 Å². The number of hydrogen-bond acceptors (Lipinski definition) is 4. The van der Waals surface area contributed by atoms with Crippen molar-refractivity contribution in [2.24, 2.45) is 5.14 Å². The van der Waals surface area contributed by atoms with Crippen LogP contribution in [0.5, 0.6) is 0 Å². The van der Waals surface area contributed by atoms with Crippen LogP contribution in [0, 0.1) is 0 Å². The first-order valence-electron chi connectivity index (χ1n) is 5.85. The molecule has 0 aliphatic rings. The van der Waals surface area contributed by atoms with Crippen molar-refractivity contribution in [3.63, 3.8) is 0 Å². The molecular formula is C13H14N2O4S. The maximum Gasteiger partial charge on any atom is 0.312 e. The summed E-state index contributed by atoms with van der Waals surface area (Å²) in [5, 5.41) is 5.04. The molecule has 0 saturated carbocycles. The number of aromatic nitrogens is 1. The van der Waals surface area contributed by atoms with Crippen molar-refractivity contribution in [3.8, 4) is 0 Å². The van der Waals surface area contributed by atoms with Gasteiger partial charge in [-0.3, -0.25) is 4.79 Å². The molecule has 0 fully saturated rings. The minimum absolute atomic E-state index is 0.0887. The van der Waals surface area contributed by atoms with Gasteiger partial charge in [-0.05, 0) is 11.6 Å². The summed E-state index contributed by atoms with van der Waals surface area (Å²) in [5.41, 5.74) is 1.09. The van der Waals surface area contributed by atoms with Crippen LogP contribution in [0.25, 0.3) is 0 Å². The van der Waals surface area contributed by atoms with Crippen molar-refractivity contribution < 1.29 is 17.9 Å². The molecule has 0 saturated heterocycles. The fourth-order valence-electron chi connectivity index (χ4n) is 1.73. The topological polar surface area (TPSA) is 102 Å². The van der Waals surface area contributed by atoms with Gasteiger partial charge in [-0.25, -0.2) is 13.6 Å². The first kappa shape index (κ1) is 14.3. The van der Waals surface area contributed by atoms with E-state index in [4.69, 9.17) is 9.88 Å². The summed E-state index contributed by atoms with van der Waals surface area (Å²) in [6, 6.07) is 10.5. The summed E-state index contributed by atoms with van der Waals surface area (Å²) in [7, 11) is -3.84. The van der Waals surface area contributed by atoms with E-state index in [-0.39, 0.29) is 23.6 Å². The molecular weight excluding hydrogens is 280 g/mol. The molecule has 2 aromatic rings. The Balaban J connectivity index is 1.97. The number of carbonyl (C=O) groups excluding carboxylic acids is 1. The normalized spacial score (nSPS) is 11.2. The van der Waals surface area contributed by atoms with Gasteiger partial charge < -0.3 is 9.72 Å². The first-order valence-corrected chi connectivity index (χ1v) is 7.40. The van der Waals surface area contributed by atoms with Crippen LogP contribution in [-0.4, -0.2) is 19.4 Å². The monoisotopic (exact) mass is 294 g/mol. The molecule has 0 unspecified atom stereocenters. The van der Waals surface area contributed by atoms with Crippen molar-refractivity contribution in [1.82, 2.24) is 4.98 Å². The fraction of sp³-hybridized carbons (Fsp3) is 0.154. The molecule has 0 spiro atoms. The lowest BCUT2D eigenvalue weighted by atomic mass is 10.2. The molecule has 1 aromatic heterocycles. The number of benzene rings is 1. The van der Waals surface area contributed by atoms with Gasteiger partial charge in [0.1, 0.15) is 11.5 Å². The molecule has 0 amide bonds. The lowest BCUT2D eigenvalue weighted by Crippen LogP contribution is -2.16. The van der Waals surface area contributed by atoms with E-state index in [0.717, 1.165) is 5.56 Å². The SMILES string of the molecule is NS(=O)(=O)c1cc[nH]c1CC(=O)OCc1ccccc1. The van der Waals surface area contributed by atoms with Gasteiger partial charge in [0.15, 0.2) is 0 Å². The average Bonchev–Trinajstić information content (AvgIpc) is 2.86. The van der Waals surface area contributed by atoms with Gasteiger partial charge in [0.05, 0.1) is 6.42 Å². The van der Waals surface area contributed by atoms with Gasteiger partial charge in [0.2, 0.25) is 10.0 Å². The van der Waals surface area contributed by atoms with Gasteiger partial charge in [0.25, 0.3) is 0 Å². The molecule has 6 nitrogen and oxygen atoms in total. The molecule has 0 radical (unpaired) electrons. The third kappa shape index (κ3) is 3.69. The lowest BCUT2D eigenvalue weighted by molar-refractivity contribution is -0.144. The summed E-state index contributed by atoms with van der Waals surface area (Å²) >= 11 is 0. The third-order valence-corrected chi connectivity index (χ3v) is 3.66. The molecule has 0 aliphatic heterocycles. The number of H-pyrrole nitrogens is 1. The highest BCUT2D eigenvalue weighted by molar-refractivity contribution is 7.89. The van der Waals surface area contributed by atoms with Crippen LogP contribution in [0.15, 0.2) is 47.5 Å². The minimum Gasteiger partial charge on any atom is -0.461 e. The van der Waals surface area contributed by atoms with Crippen molar-refractivity contribution >= 4 is 16.0 Å². The molecule has 0 aliphatic carbocycles. The molecule has 0 atom stereocenters. The molecule has 1 aromatic carbocycles. The molecule has 106 valence electrons. The number of aromatic amines is 1. The van der Waals surface area contributed by atoms with Crippen LogP contribution in [0.3, 0.4) is 0 Å². The first-order chi connectivity index (χ1) is 9.47. The van der Waals surface area contributed by atoms with Crippen molar-refractivity contribution in [2.45, 2.75) is 17.9 Å². The number of nitrogens with two attached hydrogens (primary N) is 1. The average molecular weight is 294 g/mol. The van der Waals surface area contributed by atoms with Gasteiger partial charge in [-0.15, -0.1) is 0 Å². The molecule has 20 heavy (non-hydrogen) atoms. The standard InChI is InChI=1S/C13H14N2O4S/c14-20(17,18)12-6-7-15-11(12)8-13(16)19-9-10-4-2-1-3-5-10/h1-7,15H,8-9H2,(H2,14,17,18). The number of carbonyl (C=O) groups is 1. The zero-order valence-corrected chi connectivity index (χ0v) is 11.4. The number of nitrogens with one attached hydrogen (secondary N) is 1. The predicted molar refractivity (Wildman–Crippen MR) is 72.1 cm³/mol. The quantitative estimate of drug-likeness (QED) is 0.801. The van der Waals surface area contributed by atoms with E-state index in [1.807, 2.05) is 30.3 Å². The summed E-state index contributed by atoms with van der Waals surface area (Å²) in [6.45, 7) is 0.144. The van der Waals surface area contributed by atoms with Crippen molar-refractivity contribution in [2.75, 3.05) is 0 Å². The van der Waals surface area contributed by atoms with E-state index in [2.05, 4.69) is 4.98 Å².